The first kappa shape index (κ1) is 13.5. The number of carbonyl (C=O) groups excluding carboxylic acids is 1. The highest BCUT2D eigenvalue weighted by Crippen LogP contribution is 2.44. The highest BCUT2D eigenvalue weighted by Gasteiger charge is 2.54. The number of hydrogen-bond donors (Lipinski definition) is 1. The van der Waals surface area contributed by atoms with Gasteiger partial charge in [-0.1, -0.05) is 29.8 Å². The Hall–Kier alpha value is -2.20. The Bertz CT molecular complexity index is 719. The van der Waals surface area contributed by atoms with Gasteiger partial charge < -0.3 is 10.1 Å². The lowest BCUT2D eigenvalue weighted by Crippen LogP contribution is -2.30. The fraction of sp³-hybridized carbons (Fsp3) is 0.333. The lowest BCUT2D eigenvalue weighted by atomic mass is 10.0. The number of benzene rings is 1. The molecule has 1 aromatic heterocycles. The van der Waals surface area contributed by atoms with Gasteiger partial charge in [0.1, 0.15) is 0 Å². The standard InChI is InChI=1S/C18H18N2O2/c1-11-3-2-4-12(5-11)13-6-14(8-19-7-13)18(21)20-17-15-9-22-10-16(15)17/h2-8,15-17H,9-10H2,1H3,(H,20,21)/t15-,16+,17?. The van der Waals surface area contributed by atoms with E-state index in [4.69, 9.17) is 4.74 Å². The lowest BCUT2D eigenvalue weighted by molar-refractivity contribution is 0.0928. The Morgan fingerprint density at radius 3 is 2.77 bits per heavy atom. The molecule has 1 saturated carbocycles. The topological polar surface area (TPSA) is 51.2 Å². The van der Waals surface area contributed by atoms with Gasteiger partial charge in [0.05, 0.1) is 18.8 Å². The molecule has 4 heteroatoms. The molecule has 2 aliphatic rings. The molecule has 0 spiro atoms. The van der Waals surface area contributed by atoms with E-state index in [2.05, 4.69) is 29.4 Å². The zero-order chi connectivity index (χ0) is 15.1. The smallest absolute Gasteiger partial charge is 0.253 e. The van der Waals surface area contributed by atoms with Crippen LogP contribution in [0.5, 0.6) is 0 Å². The van der Waals surface area contributed by atoms with Crippen molar-refractivity contribution in [2.45, 2.75) is 13.0 Å². The minimum atomic E-state index is -0.0404. The SMILES string of the molecule is Cc1cccc(-c2cncc(C(=O)NC3[C@H]4COC[C@@H]34)c2)c1. The molecular weight excluding hydrogens is 276 g/mol. The van der Waals surface area contributed by atoms with Crippen molar-refractivity contribution in [1.82, 2.24) is 10.3 Å². The van der Waals surface area contributed by atoms with Crippen LogP contribution in [0.2, 0.25) is 0 Å². The molecule has 1 saturated heterocycles. The van der Waals surface area contributed by atoms with E-state index in [0.717, 1.165) is 24.3 Å². The van der Waals surface area contributed by atoms with E-state index in [1.807, 2.05) is 18.2 Å². The van der Waals surface area contributed by atoms with Gasteiger partial charge in [0.15, 0.2) is 0 Å². The van der Waals surface area contributed by atoms with Gasteiger partial charge in [-0.3, -0.25) is 9.78 Å². The van der Waals surface area contributed by atoms with Gasteiger partial charge in [0.2, 0.25) is 0 Å². The number of ether oxygens (including phenoxy) is 1. The second-order valence-corrected chi connectivity index (χ2v) is 6.20. The maximum atomic E-state index is 12.4. The average Bonchev–Trinajstić information content (AvgIpc) is 2.97. The number of pyridine rings is 1. The maximum Gasteiger partial charge on any atom is 0.253 e. The quantitative estimate of drug-likeness (QED) is 0.946. The summed E-state index contributed by atoms with van der Waals surface area (Å²) in [5, 5.41) is 3.10. The van der Waals surface area contributed by atoms with Gasteiger partial charge in [-0.2, -0.15) is 0 Å². The van der Waals surface area contributed by atoms with Gasteiger partial charge >= 0.3 is 0 Å². The zero-order valence-electron chi connectivity index (χ0n) is 12.5. The normalized spacial score (nSPS) is 25.6. The monoisotopic (exact) mass is 294 g/mol. The molecule has 22 heavy (non-hydrogen) atoms. The minimum Gasteiger partial charge on any atom is -0.381 e. The molecule has 1 aliphatic carbocycles. The van der Waals surface area contributed by atoms with Crippen molar-refractivity contribution in [3.8, 4) is 11.1 Å². The third-order valence-corrected chi connectivity index (χ3v) is 4.60. The van der Waals surface area contributed by atoms with Crippen LogP contribution in [0.1, 0.15) is 15.9 Å². The van der Waals surface area contributed by atoms with Crippen molar-refractivity contribution in [2.24, 2.45) is 11.8 Å². The van der Waals surface area contributed by atoms with Crippen LogP contribution in [0.15, 0.2) is 42.7 Å². The molecule has 0 radical (unpaired) electrons. The van der Waals surface area contributed by atoms with Crippen LogP contribution in [0.4, 0.5) is 0 Å². The summed E-state index contributed by atoms with van der Waals surface area (Å²) in [5.74, 6) is 0.982. The molecule has 2 heterocycles. The summed E-state index contributed by atoms with van der Waals surface area (Å²) in [6.45, 7) is 3.61. The molecule has 1 aromatic carbocycles. The van der Waals surface area contributed by atoms with Crippen molar-refractivity contribution >= 4 is 5.91 Å². The highest BCUT2D eigenvalue weighted by molar-refractivity contribution is 5.95. The Kier molecular flexibility index (Phi) is 3.19. The number of fused-ring (bicyclic) bond motifs is 1. The zero-order valence-corrected chi connectivity index (χ0v) is 12.5. The first-order valence-electron chi connectivity index (χ1n) is 7.63. The predicted molar refractivity (Wildman–Crippen MR) is 83.5 cm³/mol. The van der Waals surface area contributed by atoms with E-state index in [1.165, 1.54) is 5.56 Å². The van der Waals surface area contributed by atoms with Crippen LogP contribution < -0.4 is 5.32 Å². The Labute approximate surface area is 129 Å². The summed E-state index contributed by atoms with van der Waals surface area (Å²) < 4.78 is 5.35. The average molecular weight is 294 g/mol. The number of rotatable bonds is 3. The third kappa shape index (κ3) is 2.40. The Balaban J connectivity index is 1.53. The number of aryl methyl sites for hydroxylation is 1. The maximum absolute atomic E-state index is 12.4. The summed E-state index contributed by atoms with van der Waals surface area (Å²) in [6.07, 6.45) is 3.43. The third-order valence-electron chi connectivity index (χ3n) is 4.60. The van der Waals surface area contributed by atoms with E-state index in [1.54, 1.807) is 12.4 Å². The number of nitrogens with one attached hydrogen (secondary N) is 1. The van der Waals surface area contributed by atoms with Crippen molar-refractivity contribution in [3.63, 3.8) is 0 Å². The van der Waals surface area contributed by atoms with Gasteiger partial charge in [0, 0.05) is 35.8 Å². The van der Waals surface area contributed by atoms with Crippen molar-refractivity contribution in [1.29, 1.82) is 0 Å². The second-order valence-electron chi connectivity index (χ2n) is 6.20. The number of nitrogens with zero attached hydrogens (tertiary/aromatic N) is 1. The first-order chi connectivity index (χ1) is 10.7. The number of aromatic nitrogens is 1. The van der Waals surface area contributed by atoms with Crippen LogP contribution in [-0.2, 0) is 4.74 Å². The fourth-order valence-corrected chi connectivity index (χ4v) is 3.24. The van der Waals surface area contributed by atoms with E-state index in [0.29, 0.717) is 17.4 Å². The van der Waals surface area contributed by atoms with E-state index in [-0.39, 0.29) is 11.9 Å². The number of amides is 1. The van der Waals surface area contributed by atoms with Crippen LogP contribution in [0.25, 0.3) is 11.1 Å². The molecule has 3 atom stereocenters. The summed E-state index contributed by atoms with van der Waals surface area (Å²) in [4.78, 5) is 16.6. The van der Waals surface area contributed by atoms with E-state index >= 15 is 0 Å². The van der Waals surface area contributed by atoms with Crippen LogP contribution in [-0.4, -0.2) is 30.1 Å². The Morgan fingerprint density at radius 1 is 1.18 bits per heavy atom. The van der Waals surface area contributed by atoms with Crippen molar-refractivity contribution in [3.05, 3.63) is 53.9 Å². The van der Waals surface area contributed by atoms with Gasteiger partial charge in [-0.25, -0.2) is 0 Å². The van der Waals surface area contributed by atoms with E-state index in [9.17, 15) is 4.79 Å². The molecule has 0 bridgehead atoms. The molecule has 1 aliphatic heterocycles. The Morgan fingerprint density at radius 2 is 2.00 bits per heavy atom. The lowest BCUT2D eigenvalue weighted by Gasteiger charge is -2.09. The molecule has 1 N–H and O–H groups in total. The highest BCUT2D eigenvalue weighted by atomic mass is 16.5. The number of carbonyl (C=O) groups is 1. The van der Waals surface area contributed by atoms with Crippen molar-refractivity contribution < 1.29 is 9.53 Å². The van der Waals surface area contributed by atoms with Crippen molar-refractivity contribution in [2.75, 3.05) is 13.2 Å². The largest absolute Gasteiger partial charge is 0.381 e. The molecular formula is C18H18N2O2. The van der Waals surface area contributed by atoms with Crippen LogP contribution >= 0.6 is 0 Å². The molecule has 2 fully saturated rings. The summed E-state index contributed by atoms with van der Waals surface area (Å²) >= 11 is 0. The fourth-order valence-electron chi connectivity index (χ4n) is 3.24. The van der Waals surface area contributed by atoms with Gasteiger partial charge in [0.25, 0.3) is 5.91 Å². The molecule has 1 unspecified atom stereocenters. The predicted octanol–water partition coefficient (Wildman–Crippen LogP) is 2.43. The van der Waals surface area contributed by atoms with Gasteiger partial charge in [-0.15, -0.1) is 0 Å². The molecule has 2 aromatic rings. The van der Waals surface area contributed by atoms with Crippen LogP contribution in [0, 0.1) is 18.8 Å². The van der Waals surface area contributed by atoms with Crippen LogP contribution in [0.3, 0.4) is 0 Å². The van der Waals surface area contributed by atoms with Gasteiger partial charge in [-0.05, 0) is 18.6 Å². The minimum absolute atomic E-state index is 0.0404. The number of hydrogen-bond acceptors (Lipinski definition) is 3. The summed E-state index contributed by atoms with van der Waals surface area (Å²) in [6, 6.07) is 10.4. The first-order valence-corrected chi connectivity index (χ1v) is 7.63. The second kappa shape index (κ2) is 5.21. The summed E-state index contributed by atoms with van der Waals surface area (Å²) in [5.41, 5.74) is 3.86. The summed E-state index contributed by atoms with van der Waals surface area (Å²) in [7, 11) is 0. The molecule has 112 valence electrons. The molecule has 4 rings (SSSR count). The molecule has 1 amide bonds. The van der Waals surface area contributed by atoms with E-state index < -0.39 is 0 Å². The molecule has 4 nitrogen and oxygen atoms in total.